The molecular weight excluding hydrogens is 346 g/mol. The van der Waals surface area contributed by atoms with Crippen molar-refractivity contribution < 1.29 is 4.79 Å². The topological polar surface area (TPSA) is 91.3 Å². The highest BCUT2D eigenvalue weighted by Gasteiger charge is 2.23. The van der Waals surface area contributed by atoms with Crippen LogP contribution in [-0.4, -0.2) is 51.5 Å². The lowest BCUT2D eigenvalue weighted by Gasteiger charge is -2.35. The predicted molar refractivity (Wildman–Crippen MR) is 102 cm³/mol. The van der Waals surface area contributed by atoms with E-state index in [1.54, 1.807) is 35.4 Å². The van der Waals surface area contributed by atoms with Gasteiger partial charge in [-0.05, 0) is 24.3 Å². The number of H-pyrrole nitrogens is 1. The number of rotatable bonds is 3. The summed E-state index contributed by atoms with van der Waals surface area (Å²) in [7, 11) is 0. The molecule has 1 N–H and O–H groups in total. The average Bonchev–Trinajstić information content (AvgIpc) is 2.72. The molecule has 3 aromatic rings. The number of amides is 1. The normalized spacial score (nSPS) is 14.5. The fourth-order valence-electron chi connectivity index (χ4n) is 3.34. The lowest BCUT2D eigenvalue weighted by Crippen LogP contribution is -2.50. The second kappa shape index (κ2) is 7.06. The molecule has 1 aliphatic heterocycles. The number of hydrogen-bond acceptors (Lipinski definition) is 5. The number of fused-ring (bicyclic) bond motifs is 1. The van der Waals surface area contributed by atoms with Crippen LogP contribution in [0, 0.1) is 0 Å². The first-order chi connectivity index (χ1) is 13.1. The number of hydrogen-bond donors (Lipinski definition) is 1. The Morgan fingerprint density at radius 1 is 1.00 bits per heavy atom. The maximum Gasteiger partial charge on any atom is 0.317 e. The third-order valence-electron chi connectivity index (χ3n) is 4.78. The van der Waals surface area contributed by atoms with Crippen LogP contribution in [0.15, 0.2) is 58.3 Å². The summed E-state index contributed by atoms with van der Waals surface area (Å²) < 4.78 is 1.25. The zero-order valence-corrected chi connectivity index (χ0v) is 14.7. The van der Waals surface area contributed by atoms with E-state index in [4.69, 9.17) is 0 Å². The largest absolute Gasteiger partial charge is 0.353 e. The third kappa shape index (κ3) is 3.33. The number of carbonyl (C=O) groups is 1. The van der Waals surface area contributed by atoms with Gasteiger partial charge in [-0.25, -0.2) is 4.98 Å². The molecule has 27 heavy (non-hydrogen) atoms. The Kier molecular flexibility index (Phi) is 4.45. The minimum Gasteiger partial charge on any atom is -0.353 e. The van der Waals surface area contributed by atoms with Gasteiger partial charge in [0.15, 0.2) is 0 Å². The molecule has 8 nitrogen and oxygen atoms in total. The van der Waals surface area contributed by atoms with Gasteiger partial charge in [0, 0.05) is 32.4 Å². The van der Waals surface area contributed by atoms with Crippen molar-refractivity contribution in [3.05, 3.63) is 69.4 Å². The number of aromatic nitrogens is 3. The van der Waals surface area contributed by atoms with E-state index in [0.717, 1.165) is 5.82 Å². The van der Waals surface area contributed by atoms with Crippen molar-refractivity contribution in [2.45, 2.75) is 6.54 Å². The number of aromatic amines is 1. The standard InChI is InChI=1S/C19H19N5O3/c25-17(23-11-9-22(10-12-23)16-7-3-4-8-20-16)13-24-15-6-2-1-5-14(15)21-18(26)19(24)27/h1-8H,9-13H2,(H,21,26). The van der Waals surface area contributed by atoms with E-state index in [9.17, 15) is 14.4 Å². The molecule has 1 aromatic carbocycles. The number of para-hydroxylation sites is 2. The van der Waals surface area contributed by atoms with E-state index in [0.29, 0.717) is 37.2 Å². The Morgan fingerprint density at radius 3 is 2.48 bits per heavy atom. The molecule has 3 heterocycles. The smallest absolute Gasteiger partial charge is 0.317 e. The van der Waals surface area contributed by atoms with Crippen LogP contribution in [-0.2, 0) is 11.3 Å². The van der Waals surface area contributed by atoms with Crippen molar-refractivity contribution in [3.8, 4) is 0 Å². The van der Waals surface area contributed by atoms with Crippen molar-refractivity contribution in [1.29, 1.82) is 0 Å². The zero-order chi connectivity index (χ0) is 18.8. The molecule has 0 saturated carbocycles. The van der Waals surface area contributed by atoms with Gasteiger partial charge in [-0.3, -0.25) is 19.0 Å². The molecule has 1 aliphatic rings. The molecule has 8 heteroatoms. The number of carbonyl (C=O) groups excluding carboxylic acids is 1. The first-order valence-electron chi connectivity index (χ1n) is 8.79. The summed E-state index contributed by atoms with van der Waals surface area (Å²) in [5.41, 5.74) is -0.354. The van der Waals surface area contributed by atoms with Gasteiger partial charge < -0.3 is 14.8 Å². The molecule has 1 saturated heterocycles. The van der Waals surface area contributed by atoms with Gasteiger partial charge in [-0.2, -0.15) is 0 Å². The number of anilines is 1. The van der Waals surface area contributed by atoms with Gasteiger partial charge in [-0.15, -0.1) is 0 Å². The summed E-state index contributed by atoms with van der Waals surface area (Å²) in [5, 5.41) is 0. The molecule has 1 fully saturated rings. The second-order valence-corrected chi connectivity index (χ2v) is 6.42. The quantitative estimate of drug-likeness (QED) is 0.680. The lowest BCUT2D eigenvalue weighted by atomic mass is 10.2. The highest BCUT2D eigenvalue weighted by molar-refractivity contribution is 5.80. The second-order valence-electron chi connectivity index (χ2n) is 6.42. The first-order valence-corrected chi connectivity index (χ1v) is 8.79. The Bertz CT molecular complexity index is 1080. The highest BCUT2D eigenvalue weighted by atomic mass is 16.2. The van der Waals surface area contributed by atoms with Crippen molar-refractivity contribution in [1.82, 2.24) is 19.4 Å². The van der Waals surface area contributed by atoms with E-state index in [-0.39, 0.29) is 12.5 Å². The van der Waals surface area contributed by atoms with E-state index in [1.807, 2.05) is 18.2 Å². The highest BCUT2D eigenvalue weighted by Crippen LogP contribution is 2.13. The van der Waals surface area contributed by atoms with Crippen molar-refractivity contribution in [3.63, 3.8) is 0 Å². The van der Waals surface area contributed by atoms with E-state index >= 15 is 0 Å². The third-order valence-corrected chi connectivity index (χ3v) is 4.78. The van der Waals surface area contributed by atoms with Crippen LogP contribution in [0.5, 0.6) is 0 Å². The van der Waals surface area contributed by atoms with Gasteiger partial charge >= 0.3 is 11.1 Å². The molecular formula is C19H19N5O3. The fourth-order valence-corrected chi connectivity index (χ4v) is 3.34. The Morgan fingerprint density at radius 2 is 1.74 bits per heavy atom. The SMILES string of the molecule is O=C(Cn1c(=O)c(=O)[nH]c2ccccc21)N1CCN(c2ccccn2)CC1. The van der Waals surface area contributed by atoms with E-state index in [1.165, 1.54) is 4.57 Å². The summed E-state index contributed by atoms with van der Waals surface area (Å²) in [6.07, 6.45) is 1.75. The minimum atomic E-state index is -0.721. The van der Waals surface area contributed by atoms with Crippen LogP contribution in [0.4, 0.5) is 5.82 Å². The molecule has 0 aliphatic carbocycles. The fraction of sp³-hybridized carbons (Fsp3) is 0.263. The molecule has 0 spiro atoms. The summed E-state index contributed by atoms with van der Waals surface area (Å²) in [5.74, 6) is 0.718. The van der Waals surface area contributed by atoms with Crippen molar-refractivity contribution in [2.24, 2.45) is 0 Å². The van der Waals surface area contributed by atoms with Gasteiger partial charge in [0.2, 0.25) is 5.91 Å². The number of nitrogens with zero attached hydrogens (tertiary/aromatic N) is 4. The summed E-state index contributed by atoms with van der Waals surface area (Å²) in [4.78, 5) is 47.6. The van der Waals surface area contributed by atoms with Crippen molar-refractivity contribution >= 4 is 22.8 Å². The molecule has 0 radical (unpaired) electrons. The lowest BCUT2D eigenvalue weighted by molar-refractivity contribution is -0.132. The average molecular weight is 365 g/mol. The summed E-state index contributed by atoms with van der Waals surface area (Å²) in [6, 6.07) is 12.7. The summed E-state index contributed by atoms with van der Waals surface area (Å²) >= 11 is 0. The monoisotopic (exact) mass is 365 g/mol. The predicted octanol–water partition coefficient (Wildman–Crippen LogP) is 0.434. The maximum absolute atomic E-state index is 12.7. The van der Waals surface area contributed by atoms with Gasteiger partial charge in [0.1, 0.15) is 12.4 Å². The van der Waals surface area contributed by atoms with Gasteiger partial charge in [0.05, 0.1) is 11.0 Å². The van der Waals surface area contributed by atoms with Crippen LogP contribution in [0.1, 0.15) is 0 Å². The number of nitrogens with one attached hydrogen (secondary N) is 1. The van der Waals surface area contributed by atoms with Crippen LogP contribution in [0.3, 0.4) is 0 Å². The molecule has 138 valence electrons. The van der Waals surface area contributed by atoms with Gasteiger partial charge in [-0.1, -0.05) is 18.2 Å². The molecule has 0 bridgehead atoms. The first kappa shape index (κ1) is 17.0. The van der Waals surface area contributed by atoms with Crippen LogP contribution >= 0.6 is 0 Å². The summed E-state index contributed by atoms with van der Waals surface area (Å²) in [6.45, 7) is 2.30. The minimum absolute atomic E-state index is 0.146. The van der Waals surface area contributed by atoms with E-state index in [2.05, 4.69) is 14.9 Å². The van der Waals surface area contributed by atoms with Crippen LogP contribution in [0.25, 0.3) is 11.0 Å². The Labute approximate surface area is 154 Å². The molecule has 1 amide bonds. The number of benzene rings is 1. The van der Waals surface area contributed by atoms with Crippen LogP contribution in [0.2, 0.25) is 0 Å². The van der Waals surface area contributed by atoms with Crippen LogP contribution < -0.4 is 16.0 Å². The number of pyridine rings is 1. The Hall–Kier alpha value is -3.42. The molecule has 0 atom stereocenters. The Balaban J connectivity index is 1.51. The zero-order valence-electron chi connectivity index (χ0n) is 14.7. The molecule has 2 aromatic heterocycles. The van der Waals surface area contributed by atoms with Crippen molar-refractivity contribution in [2.75, 3.05) is 31.1 Å². The number of piperazine rings is 1. The van der Waals surface area contributed by atoms with E-state index < -0.39 is 11.1 Å². The maximum atomic E-state index is 12.7. The molecule has 4 rings (SSSR count). The molecule has 0 unspecified atom stereocenters. The van der Waals surface area contributed by atoms with Gasteiger partial charge in [0.25, 0.3) is 0 Å².